The predicted molar refractivity (Wildman–Crippen MR) is 141 cm³/mol. The molecule has 0 saturated heterocycles. The number of carboxylic acid groups (broad SMARTS) is 1. The smallest absolute Gasteiger partial charge is 0.345 e. The molecular weight excluding hydrogens is 540 g/mol. The van der Waals surface area contributed by atoms with Gasteiger partial charge in [-0.25, -0.2) is 9.59 Å². The molecule has 0 unspecified atom stereocenters. The zero-order chi connectivity index (χ0) is 29.8. The molecule has 3 atom stereocenters. The van der Waals surface area contributed by atoms with Crippen molar-refractivity contribution < 1.29 is 59.2 Å². The molecule has 0 fully saturated rings. The summed E-state index contributed by atoms with van der Waals surface area (Å²) in [6.07, 6.45) is -0.779. The summed E-state index contributed by atoms with van der Waals surface area (Å²) in [5.41, 5.74) is 1.03. The SMILES string of the molecule is CCOC(=O)[C@@H]1c2c(C=CC(=O)O[C@H](Cc3ccc(O)c(O)c3)C(=O)O)ccc(O)c2O[C@@H]1c1ccc(O)c(O)c1. The molecule has 0 bridgehead atoms. The van der Waals surface area contributed by atoms with E-state index in [9.17, 15) is 45.0 Å². The van der Waals surface area contributed by atoms with E-state index < -0.39 is 53.3 Å². The minimum Gasteiger partial charge on any atom is -0.504 e. The second kappa shape index (κ2) is 11.8. The van der Waals surface area contributed by atoms with Gasteiger partial charge in [0.05, 0.1) is 6.61 Å². The van der Waals surface area contributed by atoms with Crippen molar-refractivity contribution in [2.75, 3.05) is 6.61 Å². The number of phenols is 5. The van der Waals surface area contributed by atoms with Crippen LogP contribution in [0.3, 0.4) is 0 Å². The normalized spacial score (nSPS) is 16.5. The summed E-state index contributed by atoms with van der Waals surface area (Å²) >= 11 is 0. The molecule has 0 amide bonds. The van der Waals surface area contributed by atoms with Gasteiger partial charge in [0.2, 0.25) is 6.10 Å². The first-order valence-corrected chi connectivity index (χ1v) is 12.3. The Morgan fingerprint density at radius 2 is 1.56 bits per heavy atom. The van der Waals surface area contributed by atoms with Gasteiger partial charge in [0, 0.05) is 18.1 Å². The highest BCUT2D eigenvalue weighted by molar-refractivity contribution is 5.91. The lowest BCUT2D eigenvalue weighted by molar-refractivity contribution is -0.160. The Morgan fingerprint density at radius 3 is 2.20 bits per heavy atom. The van der Waals surface area contributed by atoms with E-state index in [0.717, 1.165) is 12.1 Å². The third-order valence-corrected chi connectivity index (χ3v) is 6.33. The first-order valence-electron chi connectivity index (χ1n) is 12.3. The molecule has 4 rings (SSSR count). The summed E-state index contributed by atoms with van der Waals surface area (Å²) in [4.78, 5) is 37.4. The monoisotopic (exact) mass is 566 g/mol. The Balaban J connectivity index is 1.63. The third kappa shape index (κ3) is 6.11. The Bertz CT molecular complexity index is 1530. The Labute approximate surface area is 232 Å². The van der Waals surface area contributed by atoms with Gasteiger partial charge in [-0.2, -0.15) is 0 Å². The van der Waals surface area contributed by atoms with E-state index in [1.807, 2.05) is 0 Å². The van der Waals surface area contributed by atoms with Crippen molar-refractivity contribution in [3.63, 3.8) is 0 Å². The maximum atomic E-state index is 13.1. The van der Waals surface area contributed by atoms with Gasteiger partial charge in [-0.05, 0) is 60.0 Å². The average Bonchev–Trinajstić information content (AvgIpc) is 3.33. The van der Waals surface area contributed by atoms with Crippen LogP contribution in [0.1, 0.15) is 41.2 Å². The molecular formula is C29H26O12. The fraction of sp³-hybridized carbons (Fsp3) is 0.207. The van der Waals surface area contributed by atoms with Crippen LogP contribution >= 0.6 is 0 Å². The summed E-state index contributed by atoms with van der Waals surface area (Å²) in [6, 6.07) is 10.2. The molecule has 3 aromatic rings. The number of benzene rings is 3. The number of fused-ring (bicyclic) bond motifs is 1. The molecule has 12 heteroatoms. The van der Waals surface area contributed by atoms with Crippen LogP contribution in [-0.4, -0.2) is 61.3 Å². The summed E-state index contributed by atoms with van der Waals surface area (Å²) in [5.74, 6) is -6.39. The highest BCUT2D eigenvalue weighted by Gasteiger charge is 2.44. The molecule has 41 heavy (non-hydrogen) atoms. The Kier molecular flexibility index (Phi) is 8.22. The molecule has 0 aliphatic carbocycles. The molecule has 0 radical (unpaired) electrons. The fourth-order valence-corrected chi connectivity index (χ4v) is 4.42. The Morgan fingerprint density at radius 1 is 0.902 bits per heavy atom. The number of carbonyl (C=O) groups excluding carboxylic acids is 2. The second-order valence-corrected chi connectivity index (χ2v) is 9.06. The predicted octanol–water partition coefficient (Wildman–Crippen LogP) is 3.25. The van der Waals surface area contributed by atoms with Gasteiger partial charge in [-0.1, -0.05) is 18.2 Å². The van der Waals surface area contributed by atoms with E-state index in [2.05, 4.69) is 0 Å². The molecule has 12 nitrogen and oxygen atoms in total. The number of carboxylic acids is 1. The van der Waals surface area contributed by atoms with Crippen LogP contribution in [0.15, 0.2) is 54.6 Å². The van der Waals surface area contributed by atoms with Gasteiger partial charge >= 0.3 is 17.9 Å². The number of phenolic OH excluding ortho intramolecular Hbond substituents is 5. The van der Waals surface area contributed by atoms with Crippen molar-refractivity contribution in [3.8, 4) is 34.5 Å². The maximum absolute atomic E-state index is 13.1. The molecule has 1 aliphatic rings. The number of hydrogen-bond acceptors (Lipinski definition) is 11. The van der Waals surface area contributed by atoms with Crippen LogP contribution in [0, 0.1) is 0 Å². The quantitative estimate of drug-likeness (QED) is 0.126. The molecule has 3 aromatic carbocycles. The van der Waals surface area contributed by atoms with E-state index in [0.29, 0.717) is 11.1 Å². The molecule has 1 aliphatic heterocycles. The van der Waals surface area contributed by atoms with Crippen LogP contribution in [0.4, 0.5) is 0 Å². The summed E-state index contributed by atoms with van der Waals surface area (Å²) in [7, 11) is 0. The van der Waals surface area contributed by atoms with Crippen LogP contribution in [0.2, 0.25) is 0 Å². The molecule has 0 spiro atoms. The standard InChI is InChI=1S/C29H26O12/c1-2-39-29(38)25-24-15(4-9-19(32)27(24)41-26(25)16-5-8-18(31)21(34)13-16)6-10-23(35)40-22(28(36)37)12-14-3-7-17(30)20(33)11-14/h3-11,13,22,25-26,30-34H,2,12H2,1H3,(H,36,37)/t22-,25-,26-/m1/s1. The van der Waals surface area contributed by atoms with Crippen LogP contribution in [-0.2, 0) is 30.3 Å². The molecule has 0 aromatic heterocycles. The van der Waals surface area contributed by atoms with Crippen molar-refractivity contribution >= 4 is 24.0 Å². The number of rotatable bonds is 9. The average molecular weight is 567 g/mol. The molecule has 0 saturated carbocycles. The van der Waals surface area contributed by atoms with Crippen molar-refractivity contribution in [3.05, 3.63) is 76.9 Å². The van der Waals surface area contributed by atoms with Crippen molar-refractivity contribution in [1.29, 1.82) is 0 Å². The highest BCUT2D eigenvalue weighted by Crippen LogP contribution is 2.53. The minimum absolute atomic E-state index is 0.0317. The van der Waals surface area contributed by atoms with E-state index in [4.69, 9.17) is 14.2 Å². The number of esters is 2. The number of aromatic hydroxyl groups is 5. The highest BCUT2D eigenvalue weighted by atomic mass is 16.6. The van der Waals surface area contributed by atoms with Gasteiger partial charge < -0.3 is 44.8 Å². The van der Waals surface area contributed by atoms with Gasteiger partial charge in [0.15, 0.2) is 34.5 Å². The topological polar surface area (TPSA) is 200 Å². The zero-order valence-corrected chi connectivity index (χ0v) is 21.6. The van der Waals surface area contributed by atoms with E-state index in [1.165, 1.54) is 48.5 Å². The molecule has 6 N–H and O–H groups in total. The minimum atomic E-state index is -1.62. The number of carbonyl (C=O) groups is 3. The maximum Gasteiger partial charge on any atom is 0.345 e. The first kappa shape index (κ1) is 28.6. The van der Waals surface area contributed by atoms with Gasteiger partial charge in [0.25, 0.3) is 0 Å². The van der Waals surface area contributed by atoms with Gasteiger partial charge in [0.1, 0.15) is 12.0 Å². The third-order valence-electron chi connectivity index (χ3n) is 6.33. The van der Waals surface area contributed by atoms with Crippen LogP contribution in [0.5, 0.6) is 34.5 Å². The zero-order valence-electron chi connectivity index (χ0n) is 21.6. The largest absolute Gasteiger partial charge is 0.504 e. The van der Waals surface area contributed by atoms with Crippen LogP contribution in [0.25, 0.3) is 6.08 Å². The van der Waals surface area contributed by atoms with Crippen molar-refractivity contribution in [2.24, 2.45) is 0 Å². The summed E-state index contributed by atoms with van der Waals surface area (Å²) in [5, 5.41) is 58.8. The van der Waals surface area contributed by atoms with E-state index >= 15 is 0 Å². The van der Waals surface area contributed by atoms with Crippen LogP contribution < -0.4 is 4.74 Å². The second-order valence-electron chi connectivity index (χ2n) is 9.06. The Hall–Kier alpha value is -5.39. The van der Waals surface area contributed by atoms with Gasteiger partial charge in [-0.3, -0.25) is 4.79 Å². The number of hydrogen-bond donors (Lipinski definition) is 6. The first-order chi connectivity index (χ1) is 19.5. The lowest BCUT2D eigenvalue weighted by Crippen LogP contribution is -2.28. The summed E-state index contributed by atoms with van der Waals surface area (Å²) in [6.45, 7) is 1.64. The summed E-state index contributed by atoms with van der Waals surface area (Å²) < 4.78 is 16.2. The van der Waals surface area contributed by atoms with Crippen molar-refractivity contribution in [2.45, 2.75) is 31.5 Å². The number of aliphatic carboxylic acids is 1. The van der Waals surface area contributed by atoms with Gasteiger partial charge in [-0.15, -0.1) is 0 Å². The lowest BCUT2D eigenvalue weighted by Gasteiger charge is -2.19. The fourth-order valence-electron chi connectivity index (χ4n) is 4.42. The molecule has 1 heterocycles. The van der Waals surface area contributed by atoms with E-state index in [-0.39, 0.29) is 41.4 Å². The lowest BCUT2D eigenvalue weighted by atomic mass is 9.87. The molecule has 214 valence electrons. The number of ether oxygens (including phenoxy) is 3. The van der Waals surface area contributed by atoms with Crippen molar-refractivity contribution in [1.82, 2.24) is 0 Å². The van der Waals surface area contributed by atoms with E-state index in [1.54, 1.807) is 6.92 Å².